The Kier molecular flexibility index (Phi) is 1.51. The summed E-state index contributed by atoms with van der Waals surface area (Å²) in [4.78, 5) is 27.4. The van der Waals surface area contributed by atoms with Gasteiger partial charge in [0.1, 0.15) is 5.71 Å². The topological polar surface area (TPSA) is 46.5 Å². The van der Waals surface area contributed by atoms with Crippen LogP contribution in [0.2, 0.25) is 0 Å². The van der Waals surface area contributed by atoms with Crippen molar-refractivity contribution >= 4 is 17.3 Å². The number of allylic oxidation sites excluding steroid dienone is 7. The minimum absolute atomic E-state index is 0.0422. The van der Waals surface area contributed by atoms with Crippen molar-refractivity contribution in [2.45, 2.75) is 6.42 Å². The Morgan fingerprint density at radius 3 is 2.93 bits per heavy atom. The molecule has 0 atom stereocenters. The lowest BCUT2D eigenvalue weighted by molar-refractivity contribution is -0.114. The molecule has 2 aliphatic carbocycles. The molecule has 3 rings (SSSR count). The maximum Gasteiger partial charge on any atom is 0.204 e. The van der Waals surface area contributed by atoms with Crippen LogP contribution < -0.4 is 0 Å². The molecule has 1 aliphatic heterocycles. The van der Waals surface area contributed by atoms with Crippen LogP contribution in [0.25, 0.3) is 0 Å². The van der Waals surface area contributed by atoms with Crippen molar-refractivity contribution < 1.29 is 9.59 Å². The number of carbonyl (C=O) groups excluding carboxylic acids is 2. The van der Waals surface area contributed by atoms with Gasteiger partial charge in [-0.3, -0.25) is 9.59 Å². The first-order chi connectivity index (χ1) is 7.27. The first-order valence-corrected chi connectivity index (χ1v) is 4.73. The molecule has 0 bridgehead atoms. The lowest BCUT2D eigenvalue weighted by Gasteiger charge is -2.09. The average Bonchev–Trinajstić information content (AvgIpc) is 2.59. The first-order valence-electron chi connectivity index (χ1n) is 4.73. The number of hydrogen-bond acceptors (Lipinski definition) is 3. The predicted molar refractivity (Wildman–Crippen MR) is 55.5 cm³/mol. The van der Waals surface area contributed by atoms with Crippen molar-refractivity contribution in [1.29, 1.82) is 0 Å². The Morgan fingerprint density at radius 1 is 1.20 bits per heavy atom. The van der Waals surface area contributed by atoms with Crippen molar-refractivity contribution in [3.63, 3.8) is 0 Å². The molecule has 0 radical (unpaired) electrons. The van der Waals surface area contributed by atoms with Crippen molar-refractivity contribution in [2.75, 3.05) is 0 Å². The molecule has 0 aromatic rings. The fraction of sp³-hybridized carbons (Fsp3) is 0.0833. The summed E-state index contributed by atoms with van der Waals surface area (Å²) in [6.07, 6.45) is 8.89. The van der Waals surface area contributed by atoms with Crippen LogP contribution in [0.4, 0.5) is 0 Å². The van der Waals surface area contributed by atoms with Gasteiger partial charge in [0.25, 0.3) is 0 Å². The monoisotopic (exact) mass is 197 g/mol. The molecular weight excluding hydrogens is 190 g/mol. The number of carbonyl (C=O) groups is 2. The summed E-state index contributed by atoms with van der Waals surface area (Å²) in [6.45, 7) is 0. The normalized spacial score (nSPS) is 22.7. The van der Waals surface area contributed by atoms with Crippen molar-refractivity contribution in [3.8, 4) is 0 Å². The minimum Gasteiger partial charge on any atom is -0.294 e. The van der Waals surface area contributed by atoms with Crippen LogP contribution in [0, 0.1) is 0 Å². The molecule has 0 amide bonds. The molecule has 0 aromatic carbocycles. The zero-order valence-corrected chi connectivity index (χ0v) is 7.86. The molecule has 3 heteroatoms. The summed E-state index contributed by atoms with van der Waals surface area (Å²) in [5, 5.41) is 0. The predicted octanol–water partition coefficient (Wildman–Crippen LogP) is 1.29. The van der Waals surface area contributed by atoms with Gasteiger partial charge in [-0.1, -0.05) is 18.2 Å². The number of Topliss-reactive ketones (excluding diaryl/α,β-unsaturated/α-hetero) is 1. The second-order valence-electron chi connectivity index (χ2n) is 3.55. The van der Waals surface area contributed by atoms with Crippen LogP contribution in [-0.4, -0.2) is 17.3 Å². The SMILES string of the molecule is O=C1C=CC=C2C1=NC1=C2C(=O)CC=C1. The van der Waals surface area contributed by atoms with Crippen LogP contribution in [0.5, 0.6) is 0 Å². The quantitative estimate of drug-likeness (QED) is 0.549. The summed E-state index contributed by atoms with van der Waals surface area (Å²) >= 11 is 0. The second-order valence-corrected chi connectivity index (χ2v) is 3.55. The number of ketones is 2. The molecule has 3 nitrogen and oxygen atoms in total. The maximum atomic E-state index is 11.7. The van der Waals surface area contributed by atoms with Crippen molar-refractivity contribution in [3.05, 3.63) is 47.2 Å². The number of aliphatic imine (C=N–C) groups is 1. The Labute approximate surface area is 86.2 Å². The molecule has 0 aromatic heterocycles. The van der Waals surface area contributed by atoms with E-state index in [4.69, 9.17) is 0 Å². The molecule has 3 aliphatic rings. The lowest BCUT2D eigenvalue weighted by Crippen LogP contribution is -2.17. The third kappa shape index (κ3) is 1.03. The number of fused-ring (bicyclic) bond motifs is 2. The average molecular weight is 197 g/mol. The summed E-state index contributed by atoms with van der Waals surface area (Å²) in [7, 11) is 0. The molecule has 15 heavy (non-hydrogen) atoms. The molecule has 0 unspecified atom stereocenters. The van der Waals surface area contributed by atoms with Gasteiger partial charge >= 0.3 is 0 Å². The van der Waals surface area contributed by atoms with E-state index in [1.165, 1.54) is 6.08 Å². The second kappa shape index (κ2) is 2.73. The van der Waals surface area contributed by atoms with E-state index in [1.54, 1.807) is 24.3 Å². The van der Waals surface area contributed by atoms with E-state index in [2.05, 4.69) is 4.99 Å². The third-order valence-corrected chi connectivity index (χ3v) is 2.61. The van der Waals surface area contributed by atoms with Crippen LogP contribution in [-0.2, 0) is 9.59 Å². The van der Waals surface area contributed by atoms with E-state index in [0.29, 0.717) is 29.0 Å². The standard InChI is InChI=1S/C12H7NO2/c14-9-5-2-4-8-11(9)7-3-1-6-10(15)12(7)13-8/h1-4,6H,5H2. The zero-order valence-electron chi connectivity index (χ0n) is 7.86. The molecule has 72 valence electrons. The number of hydrogen-bond donors (Lipinski definition) is 0. The van der Waals surface area contributed by atoms with Gasteiger partial charge < -0.3 is 0 Å². The first kappa shape index (κ1) is 8.29. The van der Waals surface area contributed by atoms with Crippen LogP contribution in [0.1, 0.15) is 6.42 Å². The van der Waals surface area contributed by atoms with Gasteiger partial charge in [0.2, 0.25) is 5.78 Å². The van der Waals surface area contributed by atoms with Gasteiger partial charge in [0, 0.05) is 12.0 Å². The van der Waals surface area contributed by atoms with Gasteiger partial charge in [0.15, 0.2) is 5.78 Å². The zero-order chi connectivity index (χ0) is 10.4. The molecule has 0 saturated heterocycles. The molecule has 0 fully saturated rings. The van der Waals surface area contributed by atoms with Crippen molar-refractivity contribution in [2.24, 2.45) is 4.99 Å². The highest BCUT2D eigenvalue weighted by molar-refractivity contribution is 6.53. The smallest absolute Gasteiger partial charge is 0.204 e. The maximum absolute atomic E-state index is 11.7. The highest BCUT2D eigenvalue weighted by atomic mass is 16.1. The lowest BCUT2D eigenvalue weighted by atomic mass is 9.90. The van der Waals surface area contributed by atoms with Gasteiger partial charge in [0.05, 0.1) is 11.3 Å². The van der Waals surface area contributed by atoms with Crippen molar-refractivity contribution in [1.82, 2.24) is 0 Å². The van der Waals surface area contributed by atoms with Gasteiger partial charge in [-0.15, -0.1) is 0 Å². The molecule has 1 heterocycles. The number of rotatable bonds is 0. The molecule has 0 saturated carbocycles. The van der Waals surface area contributed by atoms with E-state index < -0.39 is 0 Å². The van der Waals surface area contributed by atoms with E-state index in [9.17, 15) is 9.59 Å². The van der Waals surface area contributed by atoms with Gasteiger partial charge in [-0.25, -0.2) is 4.99 Å². The summed E-state index contributed by atoms with van der Waals surface area (Å²) in [6, 6.07) is 0. The number of nitrogens with zero attached hydrogens (tertiary/aromatic N) is 1. The van der Waals surface area contributed by atoms with E-state index in [0.717, 1.165) is 0 Å². The highest BCUT2D eigenvalue weighted by Gasteiger charge is 2.32. The Bertz CT molecular complexity index is 542. The largest absolute Gasteiger partial charge is 0.294 e. The van der Waals surface area contributed by atoms with Crippen LogP contribution in [0.3, 0.4) is 0 Å². The third-order valence-electron chi connectivity index (χ3n) is 2.61. The minimum atomic E-state index is -0.122. The van der Waals surface area contributed by atoms with E-state index in [1.807, 2.05) is 0 Å². The fourth-order valence-electron chi connectivity index (χ4n) is 1.95. The summed E-state index contributed by atoms with van der Waals surface area (Å²) < 4.78 is 0. The van der Waals surface area contributed by atoms with E-state index in [-0.39, 0.29) is 11.6 Å². The Hall–Kier alpha value is -2.03. The molecular formula is C12H7NO2. The van der Waals surface area contributed by atoms with Gasteiger partial charge in [-0.2, -0.15) is 0 Å². The van der Waals surface area contributed by atoms with Crippen LogP contribution >= 0.6 is 0 Å². The summed E-state index contributed by atoms with van der Waals surface area (Å²) in [5.74, 6) is -0.0799. The molecule has 0 spiro atoms. The Balaban J connectivity index is 2.21. The Morgan fingerprint density at radius 2 is 2.07 bits per heavy atom. The van der Waals surface area contributed by atoms with Gasteiger partial charge in [-0.05, 0) is 12.2 Å². The summed E-state index contributed by atoms with van der Waals surface area (Å²) in [5.41, 5.74) is 2.32. The van der Waals surface area contributed by atoms with Crippen LogP contribution in [0.15, 0.2) is 52.2 Å². The highest BCUT2D eigenvalue weighted by Crippen LogP contribution is 2.32. The molecule has 0 N–H and O–H groups in total. The fourth-order valence-corrected chi connectivity index (χ4v) is 1.95. The van der Waals surface area contributed by atoms with E-state index >= 15 is 0 Å².